The predicted octanol–water partition coefficient (Wildman–Crippen LogP) is 7.51. The lowest BCUT2D eigenvalue weighted by atomic mass is 10.00. The lowest BCUT2D eigenvalue weighted by molar-refractivity contribution is -0.250. The first-order valence-corrected chi connectivity index (χ1v) is 12.7. The summed E-state index contributed by atoms with van der Waals surface area (Å²) in [5.74, 6) is -0.186. The third-order valence-corrected chi connectivity index (χ3v) is 6.06. The zero-order chi connectivity index (χ0) is 22.2. The zero-order valence-corrected chi connectivity index (χ0v) is 19.9. The normalized spacial score (nSPS) is 21.2. The first kappa shape index (κ1) is 25.9. The van der Waals surface area contributed by atoms with E-state index in [1.807, 2.05) is 37.3 Å². The van der Waals surface area contributed by atoms with E-state index in [1.165, 1.54) is 70.6 Å². The fourth-order valence-electron chi connectivity index (χ4n) is 4.31. The molecule has 0 unspecified atom stereocenters. The van der Waals surface area contributed by atoms with Crippen molar-refractivity contribution < 1.29 is 19.0 Å². The number of benzene rings is 1. The Labute approximate surface area is 190 Å². The van der Waals surface area contributed by atoms with Crippen LogP contribution in [0.4, 0.5) is 0 Å². The highest BCUT2D eigenvalue weighted by atomic mass is 16.7. The lowest BCUT2D eigenvalue weighted by Gasteiger charge is -2.35. The van der Waals surface area contributed by atoms with Crippen LogP contribution < -0.4 is 0 Å². The number of hydrogen-bond acceptors (Lipinski definition) is 4. The molecule has 1 aliphatic heterocycles. The SMILES string of the molecule is CCCCCCCCCCCCC[C@@H]1C[C@H](CC(=O)OCC)O[C@H](c2ccccc2)O1. The number of carbonyl (C=O) groups is 1. The molecule has 0 radical (unpaired) electrons. The van der Waals surface area contributed by atoms with Crippen molar-refractivity contribution in [3.63, 3.8) is 0 Å². The smallest absolute Gasteiger partial charge is 0.308 e. The highest BCUT2D eigenvalue weighted by molar-refractivity contribution is 5.69. The van der Waals surface area contributed by atoms with Gasteiger partial charge in [-0.15, -0.1) is 0 Å². The van der Waals surface area contributed by atoms with Gasteiger partial charge in [0.15, 0.2) is 6.29 Å². The summed E-state index contributed by atoms with van der Waals surface area (Å²) in [6, 6.07) is 10.0. The molecule has 1 fully saturated rings. The molecule has 0 aliphatic carbocycles. The molecule has 0 amide bonds. The maximum atomic E-state index is 12.0. The van der Waals surface area contributed by atoms with Crippen LogP contribution in [0, 0.1) is 0 Å². The quantitative estimate of drug-likeness (QED) is 0.200. The molecule has 2 rings (SSSR count). The molecule has 1 aromatic rings. The summed E-state index contributed by atoms with van der Waals surface area (Å²) in [7, 11) is 0. The highest BCUT2D eigenvalue weighted by Gasteiger charge is 2.32. The van der Waals surface area contributed by atoms with E-state index in [1.54, 1.807) is 0 Å². The molecule has 3 atom stereocenters. The number of hydrogen-bond donors (Lipinski definition) is 0. The Balaban J connectivity index is 1.68. The van der Waals surface area contributed by atoms with Gasteiger partial charge in [-0.05, 0) is 13.3 Å². The van der Waals surface area contributed by atoms with Gasteiger partial charge >= 0.3 is 5.97 Å². The van der Waals surface area contributed by atoms with Gasteiger partial charge in [-0.25, -0.2) is 0 Å². The average Bonchev–Trinajstić information content (AvgIpc) is 2.78. The van der Waals surface area contributed by atoms with E-state index in [2.05, 4.69) is 6.92 Å². The van der Waals surface area contributed by atoms with Crippen molar-refractivity contribution in [2.24, 2.45) is 0 Å². The largest absolute Gasteiger partial charge is 0.466 e. The maximum Gasteiger partial charge on any atom is 0.308 e. The molecule has 1 heterocycles. The van der Waals surface area contributed by atoms with Crippen LogP contribution in [0.5, 0.6) is 0 Å². The fraction of sp³-hybridized carbons (Fsp3) is 0.741. The van der Waals surface area contributed by atoms with Gasteiger partial charge in [0.25, 0.3) is 0 Å². The third-order valence-electron chi connectivity index (χ3n) is 6.06. The Morgan fingerprint density at radius 1 is 0.839 bits per heavy atom. The molecule has 4 nitrogen and oxygen atoms in total. The number of ether oxygens (including phenoxy) is 3. The van der Waals surface area contributed by atoms with Crippen molar-refractivity contribution in [3.05, 3.63) is 35.9 Å². The minimum Gasteiger partial charge on any atom is -0.466 e. The number of carbonyl (C=O) groups excluding carboxylic acids is 1. The predicted molar refractivity (Wildman–Crippen MR) is 126 cm³/mol. The van der Waals surface area contributed by atoms with Crippen molar-refractivity contribution in [1.29, 1.82) is 0 Å². The molecular formula is C27H44O4. The van der Waals surface area contributed by atoms with Crippen molar-refractivity contribution in [1.82, 2.24) is 0 Å². The second-order valence-corrected chi connectivity index (χ2v) is 8.83. The Bertz CT molecular complexity index is 574. The Hall–Kier alpha value is -1.39. The number of unbranched alkanes of at least 4 members (excludes halogenated alkanes) is 10. The molecule has 1 aromatic carbocycles. The summed E-state index contributed by atoms with van der Waals surface area (Å²) < 4.78 is 17.5. The molecule has 4 heteroatoms. The van der Waals surface area contributed by atoms with Crippen LogP contribution in [-0.4, -0.2) is 24.8 Å². The first-order chi connectivity index (χ1) is 15.2. The van der Waals surface area contributed by atoms with E-state index in [9.17, 15) is 4.79 Å². The molecule has 0 aromatic heterocycles. The molecule has 1 saturated heterocycles. The summed E-state index contributed by atoms with van der Waals surface area (Å²) in [4.78, 5) is 12.0. The highest BCUT2D eigenvalue weighted by Crippen LogP contribution is 2.33. The van der Waals surface area contributed by atoms with Crippen molar-refractivity contribution >= 4 is 5.97 Å². The molecule has 0 bridgehead atoms. The van der Waals surface area contributed by atoms with Crippen LogP contribution in [0.25, 0.3) is 0 Å². The Morgan fingerprint density at radius 2 is 1.42 bits per heavy atom. The summed E-state index contributed by atoms with van der Waals surface area (Å²) in [6.07, 6.45) is 16.5. The van der Waals surface area contributed by atoms with E-state index >= 15 is 0 Å². The topological polar surface area (TPSA) is 44.8 Å². The van der Waals surface area contributed by atoms with Gasteiger partial charge in [0.05, 0.1) is 25.2 Å². The van der Waals surface area contributed by atoms with Crippen LogP contribution in [0.1, 0.15) is 116 Å². The van der Waals surface area contributed by atoms with Crippen LogP contribution in [0.15, 0.2) is 30.3 Å². The molecule has 1 aliphatic rings. The molecule has 176 valence electrons. The molecule has 0 spiro atoms. The van der Waals surface area contributed by atoms with Gasteiger partial charge in [-0.1, -0.05) is 108 Å². The minimum absolute atomic E-state index is 0.136. The van der Waals surface area contributed by atoms with Gasteiger partial charge in [-0.2, -0.15) is 0 Å². The van der Waals surface area contributed by atoms with Crippen molar-refractivity contribution in [3.8, 4) is 0 Å². The van der Waals surface area contributed by atoms with Gasteiger partial charge in [0.2, 0.25) is 0 Å². The van der Waals surface area contributed by atoms with Crippen LogP contribution in [0.2, 0.25) is 0 Å². The summed E-state index contributed by atoms with van der Waals surface area (Å²) in [5.41, 5.74) is 1.01. The summed E-state index contributed by atoms with van der Waals surface area (Å²) in [6.45, 7) is 4.52. The number of rotatable bonds is 16. The molecule has 31 heavy (non-hydrogen) atoms. The van der Waals surface area contributed by atoms with E-state index in [0.717, 1.165) is 18.4 Å². The van der Waals surface area contributed by atoms with Gasteiger partial charge in [-0.3, -0.25) is 4.79 Å². The third kappa shape index (κ3) is 11.2. The van der Waals surface area contributed by atoms with Gasteiger partial charge < -0.3 is 14.2 Å². The summed E-state index contributed by atoms with van der Waals surface area (Å²) >= 11 is 0. The van der Waals surface area contributed by atoms with E-state index in [-0.39, 0.29) is 18.2 Å². The lowest BCUT2D eigenvalue weighted by Crippen LogP contribution is -2.35. The average molecular weight is 433 g/mol. The second kappa shape index (κ2) is 16.3. The van der Waals surface area contributed by atoms with E-state index in [0.29, 0.717) is 13.0 Å². The number of esters is 1. The first-order valence-electron chi connectivity index (χ1n) is 12.7. The Morgan fingerprint density at radius 3 is 2.03 bits per heavy atom. The van der Waals surface area contributed by atoms with Gasteiger partial charge in [0, 0.05) is 12.0 Å². The minimum atomic E-state index is -0.396. The van der Waals surface area contributed by atoms with Gasteiger partial charge in [0.1, 0.15) is 0 Å². The Kier molecular flexibility index (Phi) is 13.6. The fourth-order valence-corrected chi connectivity index (χ4v) is 4.31. The standard InChI is InChI=1S/C27H44O4/c1-3-5-6-7-8-9-10-11-12-13-17-20-24-21-25(22-26(28)29-4-2)31-27(30-24)23-18-15-14-16-19-23/h14-16,18-19,24-25,27H,3-13,17,20-22H2,1-2H3/t24-,25-,27-/m1/s1. The van der Waals surface area contributed by atoms with E-state index in [4.69, 9.17) is 14.2 Å². The van der Waals surface area contributed by atoms with Crippen LogP contribution in [-0.2, 0) is 19.0 Å². The summed E-state index contributed by atoms with van der Waals surface area (Å²) in [5, 5.41) is 0. The monoisotopic (exact) mass is 432 g/mol. The maximum absolute atomic E-state index is 12.0. The second-order valence-electron chi connectivity index (χ2n) is 8.83. The van der Waals surface area contributed by atoms with Crippen molar-refractivity contribution in [2.75, 3.05) is 6.61 Å². The zero-order valence-electron chi connectivity index (χ0n) is 19.9. The van der Waals surface area contributed by atoms with Crippen LogP contribution >= 0.6 is 0 Å². The van der Waals surface area contributed by atoms with Crippen LogP contribution in [0.3, 0.4) is 0 Å². The molecule has 0 saturated carbocycles. The molecular weight excluding hydrogens is 388 g/mol. The van der Waals surface area contributed by atoms with E-state index < -0.39 is 6.29 Å². The molecule has 0 N–H and O–H groups in total. The van der Waals surface area contributed by atoms with Crippen molar-refractivity contribution in [2.45, 2.75) is 122 Å².